The Morgan fingerprint density at radius 3 is 2.44 bits per heavy atom. The molecule has 43 heavy (non-hydrogen) atoms. The summed E-state index contributed by atoms with van der Waals surface area (Å²) in [7, 11) is -1.33. The van der Waals surface area contributed by atoms with Gasteiger partial charge in [0.25, 0.3) is 5.56 Å². The van der Waals surface area contributed by atoms with Gasteiger partial charge < -0.3 is 33.6 Å². The number of sulfonamides is 1. The van der Waals surface area contributed by atoms with Crippen LogP contribution in [0.1, 0.15) is 17.5 Å². The zero-order valence-electron chi connectivity index (χ0n) is 23.4. The molecule has 15 heteroatoms. The van der Waals surface area contributed by atoms with E-state index in [1.54, 1.807) is 43.0 Å². The highest BCUT2D eigenvalue weighted by Gasteiger charge is 2.20. The third-order valence-electron chi connectivity index (χ3n) is 6.13. The van der Waals surface area contributed by atoms with Crippen LogP contribution >= 0.6 is 0 Å². The monoisotopic (exact) mass is 613 g/mol. The van der Waals surface area contributed by atoms with E-state index < -0.39 is 32.6 Å². The van der Waals surface area contributed by atoms with Crippen molar-refractivity contribution in [2.45, 2.75) is 25.4 Å². The maximum atomic E-state index is 12.9. The number of furan rings is 1. The molecule has 2 aromatic heterocycles. The minimum absolute atomic E-state index is 0.130. The second-order valence-electron chi connectivity index (χ2n) is 9.09. The first kappa shape index (κ1) is 30.8. The van der Waals surface area contributed by atoms with Crippen molar-refractivity contribution in [3.8, 4) is 28.6 Å². The average molecular weight is 614 g/mol. The van der Waals surface area contributed by atoms with Crippen molar-refractivity contribution in [3.05, 3.63) is 75.8 Å². The summed E-state index contributed by atoms with van der Waals surface area (Å²) in [5.41, 5.74) is 1.57. The standard InChI is InChI=1S/C28H27N3O11S/c1-15-10-18(26-29-20-13-19(38-3)14-21(39-4)24(20)27(33)30-26)11-16(2)25(15)41-9-7-17(28(34)35)12-22(32)42-31-43(36,37)23-6-5-8-40-23/h5-6,8,10-14,31H,7,9H2,1-4H3,(H,34,35)(H,29,30,33)/b17-12+. The molecule has 2 heterocycles. The van der Waals surface area contributed by atoms with E-state index in [1.807, 2.05) is 0 Å². The van der Waals surface area contributed by atoms with Crippen molar-refractivity contribution in [3.63, 3.8) is 0 Å². The van der Waals surface area contributed by atoms with E-state index in [4.69, 9.17) is 18.6 Å². The van der Waals surface area contributed by atoms with Gasteiger partial charge in [0.1, 0.15) is 28.5 Å². The smallest absolute Gasteiger partial charge is 0.350 e. The van der Waals surface area contributed by atoms with Crippen LogP contribution in [-0.2, 0) is 24.4 Å². The van der Waals surface area contributed by atoms with Crippen LogP contribution in [0.5, 0.6) is 17.2 Å². The van der Waals surface area contributed by atoms with E-state index >= 15 is 0 Å². The number of nitrogens with one attached hydrogen (secondary N) is 2. The molecule has 0 amide bonds. The molecule has 0 saturated heterocycles. The summed E-state index contributed by atoms with van der Waals surface area (Å²) < 4.78 is 45.1. The normalized spacial score (nSPS) is 11.8. The van der Waals surface area contributed by atoms with Crippen LogP contribution in [0.25, 0.3) is 22.3 Å². The number of benzene rings is 2. The Morgan fingerprint density at radius 2 is 1.84 bits per heavy atom. The van der Waals surface area contributed by atoms with Crippen LogP contribution in [0.15, 0.2) is 68.6 Å². The highest BCUT2D eigenvalue weighted by Crippen LogP contribution is 2.31. The van der Waals surface area contributed by atoms with E-state index in [0.29, 0.717) is 51.4 Å². The molecule has 0 aliphatic heterocycles. The number of H-pyrrole nitrogens is 1. The van der Waals surface area contributed by atoms with Crippen molar-refractivity contribution in [1.82, 2.24) is 14.9 Å². The van der Waals surface area contributed by atoms with E-state index in [-0.39, 0.29) is 24.0 Å². The number of carboxylic acids is 1. The number of aromatic amines is 1. The first-order valence-electron chi connectivity index (χ1n) is 12.5. The van der Waals surface area contributed by atoms with Gasteiger partial charge in [0, 0.05) is 35.8 Å². The van der Waals surface area contributed by atoms with E-state index in [0.717, 1.165) is 12.3 Å². The predicted octanol–water partition coefficient (Wildman–Crippen LogP) is 3.03. The first-order valence-corrected chi connectivity index (χ1v) is 14.0. The lowest BCUT2D eigenvalue weighted by Gasteiger charge is -2.15. The number of carbonyl (C=O) groups is 2. The SMILES string of the molecule is COc1cc(OC)c2c(=O)[nH]c(-c3cc(C)c(OCC/C(=C\C(=O)ONS(=O)(=O)c4ccco4)C(=O)O)c(C)c3)nc2c1. The molecule has 0 radical (unpaired) electrons. The summed E-state index contributed by atoms with van der Waals surface area (Å²) >= 11 is 0. The number of ether oxygens (including phenoxy) is 3. The Hall–Kier alpha value is -5.15. The number of nitrogens with zero attached hydrogens (tertiary/aromatic N) is 1. The third kappa shape index (κ3) is 7.02. The quantitative estimate of drug-likeness (QED) is 0.156. The Kier molecular flexibility index (Phi) is 9.16. The number of methoxy groups -OCH3 is 2. The van der Waals surface area contributed by atoms with Gasteiger partial charge >= 0.3 is 22.0 Å². The number of hydrogen-bond donors (Lipinski definition) is 3. The lowest BCUT2D eigenvalue weighted by atomic mass is 10.0. The number of aromatic nitrogens is 2. The van der Waals surface area contributed by atoms with Gasteiger partial charge in [-0.1, -0.05) is 0 Å². The molecule has 0 bridgehead atoms. The average Bonchev–Trinajstić information content (AvgIpc) is 3.52. The number of hydrogen-bond acceptors (Lipinski definition) is 11. The van der Waals surface area contributed by atoms with Crippen molar-refractivity contribution in [2.75, 3.05) is 20.8 Å². The number of aliphatic carboxylic acids is 1. The molecule has 14 nitrogen and oxygen atoms in total. The van der Waals surface area contributed by atoms with Crippen LogP contribution in [-0.4, -0.2) is 56.3 Å². The van der Waals surface area contributed by atoms with Gasteiger partial charge in [0.2, 0.25) is 5.09 Å². The number of aryl methyl sites for hydroxylation is 2. The van der Waals surface area contributed by atoms with E-state index in [1.165, 1.54) is 20.3 Å². The molecule has 0 fully saturated rings. The van der Waals surface area contributed by atoms with E-state index in [2.05, 4.69) is 14.8 Å². The lowest BCUT2D eigenvalue weighted by molar-refractivity contribution is -0.142. The Labute approximate surface area is 244 Å². The van der Waals surface area contributed by atoms with Crippen molar-refractivity contribution < 1.29 is 46.6 Å². The second-order valence-corrected chi connectivity index (χ2v) is 10.7. The van der Waals surface area contributed by atoms with Crippen molar-refractivity contribution >= 4 is 32.9 Å². The number of carbonyl (C=O) groups excluding carboxylic acids is 1. The predicted molar refractivity (Wildman–Crippen MR) is 151 cm³/mol. The van der Waals surface area contributed by atoms with Crippen LogP contribution in [0.4, 0.5) is 0 Å². The van der Waals surface area contributed by atoms with E-state index in [9.17, 15) is 27.9 Å². The summed E-state index contributed by atoms with van der Waals surface area (Å²) in [4.78, 5) is 50.0. The molecule has 0 spiro atoms. The summed E-state index contributed by atoms with van der Waals surface area (Å²) in [6.07, 6.45) is 1.55. The topological polar surface area (TPSA) is 196 Å². The molecule has 0 atom stereocenters. The number of carboxylic acid groups (broad SMARTS) is 1. The summed E-state index contributed by atoms with van der Waals surface area (Å²) in [6.45, 7) is 3.41. The van der Waals surface area contributed by atoms with Gasteiger partial charge in [0.05, 0.1) is 32.6 Å². The van der Waals surface area contributed by atoms with Gasteiger partial charge in [-0.25, -0.2) is 23.0 Å². The molecular formula is C28H27N3O11S. The fraction of sp³-hybridized carbons (Fsp3) is 0.214. The Morgan fingerprint density at radius 1 is 1.12 bits per heavy atom. The van der Waals surface area contributed by atoms with Crippen LogP contribution in [0, 0.1) is 13.8 Å². The van der Waals surface area contributed by atoms with Crippen molar-refractivity contribution in [1.29, 1.82) is 0 Å². The largest absolute Gasteiger partial charge is 0.497 e. The van der Waals surface area contributed by atoms with Gasteiger partial charge in [-0.2, -0.15) is 0 Å². The highest BCUT2D eigenvalue weighted by molar-refractivity contribution is 7.89. The molecule has 226 valence electrons. The molecule has 0 aliphatic rings. The number of fused-ring (bicyclic) bond motifs is 1. The van der Waals surface area contributed by atoms with Gasteiger partial charge in [0.15, 0.2) is 0 Å². The molecule has 0 saturated carbocycles. The van der Waals surface area contributed by atoms with Crippen LogP contribution in [0.2, 0.25) is 0 Å². The first-order chi connectivity index (χ1) is 20.4. The van der Waals surface area contributed by atoms with Crippen molar-refractivity contribution in [2.24, 2.45) is 0 Å². The van der Waals surface area contributed by atoms with Gasteiger partial charge in [-0.3, -0.25) is 4.79 Å². The maximum Gasteiger partial charge on any atom is 0.350 e. The zero-order valence-corrected chi connectivity index (χ0v) is 24.2. The third-order valence-corrected chi connectivity index (χ3v) is 7.20. The minimum Gasteiger partial charge on any atom is -0.497 e. The molecule has 4 rings (SSSR count). The summed E-state index contributed by atoms with van der Waals surface area (Å²) in [5.74, 6) is -1.10. The van der Waals surface area contributed by atoms with Gasteiger partial charge in [-0.15, -0.1) is 0 Å². The maximum absolute atomic E-state index is 12.9. The molecule has 4 aromatic rings. The highest BCUT2D eigenvalue weighted by atomic mass is 32.2. The zero-order chi connectivity index (χ0) is 31.3. The van der Waals surface area contributed by atoms with Crippen LogP contribution < -0.4 is 24.7 Å². The molecule has 0 aliphatic carbocycles. The lowest BCUT2D eigenvalue weighted by Crippen LogP contribution is -2.26. The Balaban J connectivity index is 1.48. The van der Waals surface area contributed by atoms with Crippen LogP contribution in [0.3, 0.4) is 0 Å². The Bertz CT molecular complexity index is 1850. The fourth-order valence-electron chi connectivity index (χ4n) is 4.17. The minimum atomic E-state index is -4.27. The summed E-state index contributed by atoms with van der Waals surface area (Å²) in [6, 6.07) is 9.18. The van der Waals surface area contributed by atoms with Gasteiger partial charge in [-0.05, 0) is 54.1 Å². The summed E-state index contributed by atoms with van der Waals surface area (Å²) in [5, 5.41) is 9.29. The molecule has 3 N–H and O–H groups in total. The molecular weight excluding hydrogens is 586 g/mol. The second kappa shape index (κ2) is 12.8. The molecule has 2 aromatic carbocycles. The number of rotatable bonds is 12. The molecule has 0 unspecified atom stereocenters. The fourth-order valence-corrected chi connectivity index (χ4v) is 4.88.